The van der Waals surface area contributed by atoms with E-state index in [1.54, 1.807) is 0 Å². The van der Waals surface area contributed by atoms with Crippen molar-refractivity contribution in [2.24, 2.45) is 12.8 Å². The van der Waals surface area contributed by atoms with Crippen LogP contribution in [0.5, 0.6) is 5.75 Å². The van der Waals surface area contributed by atoms with Crippen LogP contribution >= 0.6 is 0 Å². The Labute approximate surface area is 135 Å². The van der Waals surface area contributed by atoms with Crippen LogP contribution in [-0.2, 0) is 12.6 Å². The summed E-state index contributed by atoms with van der Waals surface area (Å²) in [6.07, 6.45) is 0. The second-order valence-corrected chi connectivity index (χ2v) is 5.57. The normalized spacial score (nSPS) is 11.3. The summed E-state index contributed by atoms with van der Waals surface area (Å²) in [6.45, 7) is 4.61. The monoisotopic (exact) mass is 336 g/mol. The zero-order chi connectivity index (χ0) is 18.2. The second-order valence-electron chi connectivity index (χ2n) is 5.57. The molecule has 0 fully saturated rings. The Morgan fingerprint density at radius 1 is 1.33 bits per heavy atom. The SMILES string of the molecule is Cc1nnc(C(=O)NC(C)(C)c2nc(C(N)=O)c(O)c(=O)n2C)o1. The number of aryl methyl sites for hydroxylation is 1. The minimum Gasteiger partial charge on any atom is -0.501 e. The minimum absolute atomic E-state index is 0.00341. The van der Waals surface area contributed by atoms with Gasteiger partial charge >= 0.3 is 11.8 Å². The summed E-state index contributed by atoms with van der Waals surface area (Å²) in [5.41, 5.74) is 2.44. The summed E-state index contributed by atoms with van der Waals surface area (Å²) < 4.78 is 6.03. The van der Waals surface area contributed by atoms with Crippen molar-refractivity contribution in [1.29, 1.82) is 0 Å². The average Bonchev–Trinajstić information content (AvgIpc) is 2.90. The fraction of sp³-hybridized carbons (Fsp3) is 0.385. The van der Waals surface area contributed by atoms with Crippen molar-refractivity contribution in [3.05, 3.63) is 33.7 Å². The first kappa shape index (κ1) is 17.1. The van der Waals surface area contributed by atoms with Gasteiger partial charge in [0.1, 0.15) is 5.82 Å². The Hall–Kier alpha value is -3.24. The molecular formula is C13H16N6O5. The molecule has 0 spiro atoms. The van der Waals surface area contributed by atoms with Crippen LogP contribution in [0.15, 0.2) is 9.21 Å². The van der Waals surface area contributed by atoms with Gasteiger partial charge in [-0.2, -0.15) is 0 Å². The van der Waals surface area contributed by atoms with Crippen molar-refractivity contribution in [2.45, 2.75) is 26.3 Å². The van der Waals surface area contributed by atoms with E-state index in [0.29, 0.717) is 0 Å². The van der Waals surface area contributed by atoms with Gasteiger partial charge in [-0.3, -0.25) is 19.0 Å². The van der Waals surface area contributed by atoms with Crippen molar-refractivity contribution >= 4 is 11.8 Å². The van der Waals surface area contributed by atoms with E-state index in [4.69, 9.17) is 10.2 Å². The quantitative estimate of drug-likeness (QED) is 0.635. The number of hydrogen-bond donors (Lipinski definition) is 3. The summed E-state index contributed by atoms with van der Waals surface area (Å²) in [5, 5.41) is 19.4. The Kier molecular flexibility index (Phi) is 4.11. The molecule has 0 saturated heterocycles. The third kappa shape index (κ3) is 2.95. The van der Waals surface area contributed by atoms with Crippen LogP contribution in [0.2, 0.25) is 0 Å². The third-order valence-electron chi connectivity index (χ3n) is 3.21. The number of carbonyl (C=O) groups excluding carboxylic acids is 2. The van der Waals surface area contributed by atoms with Crippen molar-refractivity contribution in [2.75, 3.05) is 0 Å². The fourth-order valence-electron chi connectivity index (χ4n) is 2.10. The van der Waals surface area contributed by atoms with Crippen molar-refractivity contribution in [1.82, 2.24) is 25.1 Å². The maximum atomic E-state index is 12.2. The van der Waals surface area contributed by atoms with Gasteiger partial charge in [0.15, 0.2) is 5.69 Å². The van der Waals surface area contributed by atoms with Gasteiger partial charge in [-0.1, -0.05) is 0 Å². The molecule has 0 unspecified atom stereocenters. The number of aromatic hydroxyl groups is 1. The molecule has 0 aliphatic heterocycles. The zero-order valence-corrected chi connectivity index (χ0v) is 13.4. The van der Waals surface area contributed by atoms with Gasteiger partial charge < -0.3 is 20.6 Å². The number of aromatic nitrogens is 4. The van der Waals surface area contributed by atoms with E-state index in [1.165, 1.54) is 27.8 Å². The van der Waals surface area contributed by atoms with E-state index in [9.17, 15) is 19.5 Å². The lowest BCUT2D eigenvalue weighted by Crippen LogP contribution is -2.46. The molecule has 0 atom stereocenters. The highest BCUT2D eigenvalue weighted by Crippen LogP contribution is 2.20. The summed E-state index contributed by atoms with van der Waals surface area (Å²) in [4.78, 5) is 39.5. The highest BCUT2D eigenvalue weighted by Gasteiger charge is 2.32. The van der Waals surface area contributed by atoms with Gasteiger partial charge in [0.2, 0.25) is 11.6 Å². The van der Waals surface area contributed by atoms with Crippen LogP contribution in [-0.4, -0.2) is 36.7 Å². The maximum Gasteiger partial charge on any atom is 0.309 e. The molecule has 0 radical (unpaired) electrons. The molecule has 0 saturated carbocycles. The number of primary amides is 1. The predicted octanol–water partition coefficient (Wildman–Crippen LogP) is -1.06. The molecule has 0 aromatic carbocycles. The molecule has 0 bridgehead atoms. The van der Waals surface area contributed by atoms with E-state index < -0.39 is 34.4 Å². The lowest BCUT2D eigenvalue weighted by molar-refractivity contribution is 0.0869. The molecule has 2 amide bonds. The molecule has 2 rings (SSSR count). The molecule has 11 nitrogen and oxygen atoms in total. The molecule has 0 aliphatic carbocycles. The first-order valence-electron chi connectivity index (χ1n) is 6.77. The van der Waals surface area contributed by atoms with E-state index >= 15 is 0 Å². The highest BCUT2D eigenvalue weighted by molar-refractivity contribution is 5.93. The fourth-order valence-corrected chi connectivity index (χ4v) is 2.10. The van der Waals surface area contributed by atoms with Crippen LogP contribution < -0.4 is 16.6 Å². The highest BCUT2D eigenvalue weighted by atomic mass is 16.4. The maximum absolute atomic E-state index is 12.2. The molecule has 0 aliphatic rings. The standard InChI is InChI=1S/C13H16N6O5/c1-5-17-18-10(24-5)9(22)16-13(2,3)12-15-6(8(14)21)7(20)11(23)19(12)4/h20H,1-4H3,(H2,14,21)(H,16,22). The van der Waals surface area contributed by atoms with Gasteiger partial charge in [0.05, 0.1) is 5.54 Å². The lowest BCUT2D eigenvalue weighted by atomic mass is 10.0. The number of amides is 2. The molecule has 11 heteroatoms. The van der Waals surface area contributed by atoms with Gasteiger partial charge in [-0.05, 0) is 13.8 Å². The summed E-state index contributed by atoms with van der Waals surface area (Å²) in [6, 6.07) is 0. The Balaban J connectivity index is 2.47. The molecule has 4 N–H and O–H groups in total. The smallest absolute Gasteiger partial charge is 0.309 e. The molecular weight excluding hydrogens is 320 g/mol. The van der Waals surface area contributed by atoms with Gasteiger partial charge in [-0.15, -0.1) is 10.2 Å². The average molecular weight is 336 g/mol. The van der Waals surface area contributed by atoms with Gasteiger partial charge in [0, 0.05) is 14.0 Å². The number of hydrogen-bond acceptors (Lipinski definition) is 8. The van der Waals surface area contributed by atoms with E-state index in [1.807, 2.05) is 0 Å². The van der Waals surface area contributed by atoms with Gasteiger partial charge in [0.25, 0.3) is 11.5 Å². The third-order valence-corrected chi connectivity index (χ3v) is 3.21. The van der Waals surface area contributed by atoms with Crippen molar-refractivity contribution in [3.8, 4) is 5.75 Å². The van der Waals surface area contributed by atoms with E-state index in [2.05, 4.69) is 20.5 Å². The predicted molar refractivity (Wildman–Crippen MR) is 79.2 cm³/mol. The molecule has 2 aromatic rings. The number of carbonyl (C=O) groups is 2. The zero-order valence-electron chi connectivity index (χ0n) is 13.4. The topological polar surface area (TPSA) is 166 Å². The molecule has 2 aromatic heterocycles. The van der Waals surface area contributed by atoms with E-state index in [-0.39, 0.29) is 17.6 Å². The lowest BCUT2D eigenvalue weighted by Gasteiger charge is -2.27. The molecule has 24 heavy (non-hydrogen) atoms. The number of nitrogens with one attached hydrogen (secondary N) is 1. The molecule has 2 heterocycles. The summed E-state index contributed by atoms with van der Waals surface area (Å²) in [7, 11) is 1.33. The summed E-state index contributed by atoms with van der Waals surface area (Å²) in [5.74, 6) is -2.67. The van der Waals surface area contributed by atoms with Crippen LogP contribution in [0.3, 0.4) is 0 Å². The van der Waals surface area contributed by atoms with Crippen LogP contribution in [0, 0.1) is 6.92 Å². The van der Waals surface area contributed by atoms with Crippen LogP contribution in [0.4, 0.5) is 0 Å². The second kappa shape index (κ2) is 5.76. The van der Waals surface area contributed by atoms with Gasteiger partial charge in [-0.25, -0.2) is 4.98 Å². The number of nitrogens with zero attached hydrogens (tertiary/aromatic N) is 4. The summed E-state index contributed by atoms with van der Waals surface area (Å²) >= 11 is 0. The van der Waals surface area contributed by atoms with Crippen LogP contribution in [0.1, 0.15) is 46.7 Å². The van der Waals surface area contributed by atoms with Crippen molar-refractivity contribution in [3.63, 3.8) is 0 Å². The largest absolute Gasteiger partial charge is 0.501 e. The number of rotatable bonds is 4. The molecule has 128 valence electrons. The Morgan fingerprint density at radius 2 is 1.96 bits per heavy atom. The number of nitrogens with two attached hydrogens (primary N) is 1. The Morgan fingerprint density at radius 3 is 2.46 bits per heavy atom. The first-order valence-corrected chi connectivity index (χ1v) is 6.77. The first-order chi connectivity index (χ1) is 11.0. The Bertz CT molecular complexity index is 881. The van der Waals surface area contributed by atoms with Crippen LogP contribution in [0.25, 0.3) is 0 Å². The van der Waals surface area contributed by atoms with E-state index in [0.717, 1.165) is 4.57 Å². The minimum atomic E-state index is -1.22. The van der Waals surface area contributed by atoms with Crippen molar-refractivity contribution < 1.29 is 19.1 Å².